The molecule has 0 heterocycles. The van der Waals surface area contributed by atoms with Gasteiger partial charge >= 0.3 is 0 Å². The summed E-state index contributed by atoms with van der Waals surface area (Å²) in [5, 5.41) is 6.79. The van der Waals surface area contributed by atoms with E-state index in [0.717, 1.165) is 29.7 Å². The van der Waals surface area contributed by atoms with Crippen LogP contribution in [-0.2, 0) is 13.2 Å². The first-order chi connectivity index (χ1) is 11.7. The summed E-state index contributed by atoms with van der Waals surface area (Å²) in [7, 11) is 1.81. The summed E-state index contributed by atoms with van der Waals surface area (Å²) in [6, 6.07) is 18.9. The standard InChI is InChI=1S/C20H25N3O.HI/c1-15-12-19(15)23-20(21-2)22-13-16-8-10-17(11-9-16)14-24-18-6-4-3-5-7-18;/h3-11,15,19H,12-14H2,1-2H3,(H2,21,22,23);1H. The fraction of sp³-hybridized carbons (Fsp3) is 0.350. The molecule has 0 spiro atoms. The molecule has 2 aromatic carbocycles. The molecule has 0 saturated heterocycles. The molecule has 0 radical (unpaired) electrons. The lowest BCUT2D eigenvalue weighted by Crippen LogP contribution is -2.38. The maximum atomic E-state index is 5.76. The van der Waals surface area contributed by atoms with Crippen molar-refractivity contribution < 1.29 is 4.74 Å². The van der Waals surface area contributed by atoms with Crippen LogP contribution in [0.5, 0.6) is 5.75 Å². The summed E-state index contributed by atoms with van der Waals surface area (Å²) < 4.78 is 5.76. The van der Waals surface area contributed by atoms with Gasteiger partial charge in [-0.15, -0.1) is 24.0 Å². The molecule has 0 aliphatic heterocycles. The molecule has 1 saturated carbocycles. The van der Waals surface area contributed by atoms with Gasteiger partial charge < -0.3 is 15.4 Å². The van der Waals surface area contributed by atoms with Crippen LogP contribution in [0.3, 0.4) is 0 Å². The fourth-order valence-electron chi connectivity index (χ4n) is 2.52. The molecule has 1 aliphatic carbocycles. The normalized spacial score (nSPS) is 18.9. The molecule has 0 aromatic heterocycles. The Kier molecular flexibility index (Phi) is 7.55. The van der Waals surface area contributed by atoms with Gasteiger partial charge in [-0.25, -0.2) is 0 Å². The monoisotopic (exact) mass is 451 g/mol. The van der Waals surface area contributed by atoms with Gasteiger partial charge in [-0.05, 0) is 35.6 Å². The van der Waals surface area contributed by atoms with Crippen molar-refractivity contribution in [3.63, 3.8) is 0 Å². The summed E-state index contributed by atoms with van der Waals surface area (Å²) >= 11 is 0. The zero-order valence-electron chi connectivity index (χ0n) is 14.7. The van der Waals surface area contributed by atoms with Gasteiger partial charge in [0.25, 0.3) is 0 Å². The summed E-state index contributed by atoms with van der Waals surface area (Å²) in [6.45, 7) is 3.60. The van der Waals surface area contributed by atoms with E-state index in [2.05, 4.69) is 46.8 Å². The molecule has 134 valence electrons. The number of guanidine groups is 1. The molecule has 0 amide bonds. The Morgan fingerprint density at radius 1 is 1.08 bits per heavy atom. The molecule has 0 bridgehead atoms. The van der Waals surface area contributed by atoms with E-state index >= 15 is 0 Å². The predicted octanol–water partition coefficient (Wildman–Crippen LogP) is 3.96. The van der Waals surface area contributed by atoms with Gasteiger partial charge in [0, 0.05) is 19.6 Å². The van der Waals surface area contributed by atoms with Gasteiger partial charge in [0.05, 0.1) is 0 Å². The molecule has 1 fully saturated rings. The summed E-state index contributed by atoms with van der Waals surface area (Å²) in [5.41, 5.74) is 2.39. The fourth-order valence-corrected chi connectivity index (χ4v) is 2.52. The molecule has 4 nitrogen and oxygen atoms in total. The van der Waals surface area contributed by atoms with E-state index in [1.807, 2.05) is 37.4 Å². The highest BCUT2D eigenvalue weighted by Gasteiger charge is 2.33. The molecular formula is C20H26IN3O. The number of hydrogen-bond donors (Lipinski definition) is 2. The molecule has 2 unspecified atom stereocenters. The number of halogens is 1. The summed E-state index contributed by atoms with van der Waals surface area (Å²) in [4.78, 5) is 4.27. The van der Waals surface area contributed by atoms with E-state index in [1.165, 1.54) is 12.0 Å². The molecule has 5 heteroatoms. The quantitative estimate of drug-likeness (QED) is 0.397. The van der Waals surface area contributed by atoms with E-state index in [1.54, 1.807) is 0 Å². The minimum absolute atomic E-state index is 0. The number of ether oxygens (including phenoxy) is 1. The molecule has 2 aromatic rings. The van der Waals surface area contributed by atoms with Crippen LogP contribution in [0.15, 0.2) is 59.6 Å². The van der Waals surface area contributed by atoms with Crippen molar-refractivity contribution >= 4 is 29.9 Å². The van der Waals surface area contributed by atoms with Crippen LogP contribution < -0.4 is 15.4 Å². The maximum Gasteiger partial charge on any atom is 0.191 e. The van der Waals surface area contributed by atoms with Gasteiger partial charge in [0.2, 0.25) is 0 Å². The lowest BCUT2D eigenvalue weighted by Gasteiger charge is -2.12. The highest BCUT2D eigenvalue weighted by molar-refractivity contribution is 14.0. The number of benzene rings is 2. The van der Waals surface area contributed by atoms with Crippen molar-refractivity contribution in [2.75, 3.05) is 7.05 Å². The maximum absolute atomic E-state index is 5.76. The number of nitrogens with zero attached hydrogens (tertiary/aromatic N) is 1. The SMILES string of the molecule is CN=C(NCc1ccc(COc2ccccc2)cc1)NC1CC1C.I. The lowest BCUT2D eigenvalue weighted by molar-refractivity contribution is 0.306. The third kappa shape index (κ3) is 6.23. The van der Waals surface area contributed by atoms with Crippen molar-refractivity contribution in [3.05, 3.63) is 65.7 Å². The largest absolute Gasteiger partial charge is 0.489 e. The Labute approximate surface area is 167 Å². The predicted molar refractivity (Wildman–Crippen MR) is 114 cm³/mol. The molecular weight excluding hydrogens is 425 g/mol. The Hall–Kier alpha value is -1.76. The third-order valence-electron chi connectivity index (χ3n) is 4.29. The Morgan fingerprint density at radius 2 is 1.72 bits per heavy atom. The molecule has 25 heavy (non-hydrogen) atoms. The van der Waals surface area contributed by atoms with Crippen LogP contribution in [0.25, 0.3) is 0 Å². The summed E-state index contributed by atoms with van der Waals surface area (Å²) in [6.07, 6.45) is 1.23. The molecule has 2 N–H and O–H groups in total. The van der Waals surface area contributed by atoms with E-state index in [-0.39, 0.29) is 24.0 Å². The zero-order valence-corrected chi connectivity index (χ0v) is 17.1. The van der Waals surface area contributed by atoms with Crippen LogP contribution in [0, 0.1) is 5.92 Å². The van der Waals surface area contributed by atoms with Gasteiger partial charge in [0.15, 0.2) is 5.96 Å². The zero-order chi connectivity index (χ0) is 16.8. The van der Waals surface area contributed by atoms with Crippen molar-refractivity contribution in [1.82, 2.24) is 10.6 Å². The first-order valence-electron chi connectivity index (χ1n) is 8.47. The minimum Gasteiger partial charge on any atom is -0.489 e. The minimum atomic E-state index is 0. The van der Waals surface area contributed by atoms with Crippen molar-refractivity contribution in [1.29, 1.82) is 0 Å². The Balaban J connectivity index is 0.00000225. The third-order valence-corrected chi connectivity index (χ3v) is 4.29. The lowest BCUT2D eigenvalue weighted by atomic mass is 10.1. The van der Waals surface area contributed by atoms with Crippen molar-refractivity contribution in [2.45, 2.75) is 32.5 Å². The number of nitrogens with one attached hydrogen (secondary N) is 2. The second-order valence-corrected chi connectivity index (χ2v) is 6.31. The number of aliphatic imine (C=N–C) groups is 1. The first kappa shape index (κ1) is 19.6. The Morgan fingerprint density at radius 3 is 2.32 bits per heavy atom. The summed E-state index contributed by atoms with van der Waals surface area (Å²) in [5.74, 6) is 2.53. The van der Waals surface area contributed by atoms with Crippen molar-refractivity contribution in [3.8, 4) is 5.75 Å². The van der Waals surface area contributed by atoms with Crippen LogP contribution in [0.4, 0.5) is 0 Å². The second-order valence-electron chi connectivity index (χ2n) is 6.31. The van der Waals surface area contributed by atoms with Crippen LogP contribution in [-0.4, -0.2) is 19.0 Å². The first-order valence-corrected chi connectivity index (χ1v) is 8.47. The van der Waals surface area contributed by atoms with Crippen LogP contribution in [0.1, 0.15) is 24.5 Å². The van der Waals surface area contributed by atoms with E-state index in [4.69, 9.17) is 4.74 Å². The molecule has 3 rings (SSSR count). The smallest absolute Gasteiger partial charge is 0.191 e. The second kappa shape index (κ2) is 9.65. The van der Waals surface area contributed by atoms with Crippen molar-refractivity contribution in [2.24, 2.45) is 10.9 Å². The van der Waals surface area contributed by atoms with Gasteiger partial charge in [-0.2, -0.15) is 0 Å². The average Bonchev–Trinajstić information content (AvgIpc) is 3.33. The Bertz CT molecular complexity index is 673. The average molecular weight is 451 g/mol. The van der Waals surface area contributed by atoms with E-state index in [9.17, 15) is 0 Å². The number of rotatable bonds is 6. The molecule has 1 aliphatic rings. The van der Waals surface area contributed by atoms with E-state index in [0.29, 0.717) is 12.6 Å². The van der Waals surface area contributed by atoms with Crippen LogP contribution in [0.2, 0.25) is 0 Å². The number of hydrogen-bond acceptors (Lipinski definition) is 2. The van der Waals surface area contributed by atoms with Gasteiger partial charge in [-0.1, -0.05) is 49.4 Å². The van der Waals surface area contributed by atoms with E-state index < -0.39 is 0 Å². The number of para-hydroxylation sites is 1. The highest BCUT2D eigenvalue weighted by atomic mass is 127. The highest BCUT2D eigenvalue weighted by Crippen LogP contribution is 2.28. The van der Waals surface area contributed by atoms with Crippen LogP contribution >= 0.6 is 24.0 Å². The van der Waals surface area contributed by atoms with Gasteiger partial charge in [-0.3, -0.25) is 4.99 Å². The topological polar surface area (TPSA) is 45.7 Å². The molecule has 2 atom stereocenters. The van der Waals surface area contributed by atoms with Gasteiger partial charge in [0.1, 0.15) is 12.4 Å².